The SMILES string of the molecule is C#CCN1C(=O)C2(CC2)Oc2cc(F)c(N3C(=O)C=C(C(F)(F)F)C3=O)cc21.CC. The van der Waals surface area contributed by atoms with Crippen molar-refractivity contribution in [1.82, 2.24) is 0 Å². The van der Waals surface area contributed by atoms with Crippen LogP contribution in [0.1, 0.15) is 26.7 Å². The fourth-order valence-corrected chi connectivity index (χ4v) is 3.19. The molecule has 1 aliphatic carbocycles. The van der Waals surface area contributed by atoms with Gasteiger partial charge in [-0.2, -0.15) is 13.2 Å². The molecule has 1 aromatic rings. The molecular weight excluding hydrogens is 408 g/mol. The summed E-state index contributed by atoms with van der Waals surface area (Å²) in [7, 11) is 0. The van der Waals surface area contributed by atoms with Gasteiger partial charge < -0.3 is 4.74 Å². The summed E-state index contributed by atoms with van der Waals surface area (Å²) < 4.78 is 58.9. The van der Waals surface area contributed by atoms with Gasteiger partial charge in [0.25, 0.3) is 17.7 Å². The molecule has 0 atom stereocenters. The molecule has 3 aliphatic rings. The molecule has 1 fully saturated rings. The first-order chi connectivity index (χ1) is 14.1. The van der Waals surface area contributed by atoms with Crippen LogP contribution in [0.4, 0.5) is 28.9 Å². The highest BCUT2D eigenvalue weighted by Crippen LogP contribution is 2.50. The van der Waals surface area contributed by atoms with Gasteiger partial charge in [0.15, 0.2) is 11.4 Å². The largest absolute Gasteiger partial charge is 0.475 e. The summed E-state index contributed by atoms with van der Waals surface area (Å²) in [5, 5.41) is 0. The molecule has 0 radical (unpaired) electrons. The molecule has 0 saturated heterocycles. The van der Waals surface area contributed by atoms with E-state index < -0.39 is 46.6 Å². The van der Waals surface area contributed by atoms with Crippen molar-refractivity contribution in [2.24, 2.45) is 0 Å². The summed E-state index contributed by atoms with van der Waals surface area (Å²) in [4.78, 5) is 37.8. The van der Waals surface area contributed by atoms with Crippen LogP contribution in [-0.2, 0) is 14.4 Å². The first-order valence-electron chi connectivity index (χ1n) is 9.04. The smallest absolute Gasteiger partial charge is 0.421 e. The van der Waals surface area contributed by atoms with Crippen LogP contribution in [0.2, 0.25) is 0 Å². The van der Waals surface area contributed by atoms with Crippen LogP contribution in [0.25, 0.3) is 0 Å². The summed E-state index contributed by atoms with van der Waals surface area (Å²) in [6.45, 7) is 3.80. The van der Waals surface area contributed by atoms with Crippen molar-refractivity contribution in [2.45, 2.75) is 38.5 Å². The minimum Gasteiger partial charge on any atom is -0.475 e. The van der Waals surface area contributed by atoms with E-state index >= 15 is 0 Å². The van der Waals surface area contributed by atoms with E-state index in [-0.39, 0.29) is 29.0 Å². The van der Waals surface area contributed by atoms with Crippen LogP contribution in [0.3, 0.4) is 0 Å². The minimum absolute atomic E-state index is 0.0297. The van der Waals surface area contributed by atoms with E-state index in [4.69, 9.17) is 11.2 Å². The third-order valence-corrected chi connectivity index (χ3v) is 4.68. The lowest BCUT2D eigenvalue weighted by Gasteiger charge is -2.34. The summed E-state index contributed by atoms with van der Waals surface area (Å²) in [6.07, 6.45) is 1.13. The fraction of sp³-hybridized carbons (Fsp3) is 0.350. The number of terminal acetylenes is 1. The van der Waals surface area contributed by atoms with Gasteiger partial charge in [-0.25, -0.2) is 9.29 Å². The molecule has 158 valence electrons. The standard InChI is InChI=1S/C18H10F4N2O4.C2H6/c1-2-5-23-12-8-11(24-14(25)6-9(15(24)26)18(20,21)22)10(19)7-13(12)28-17(3-4-17)16(23)27;1-2/h1,6-8H,3-5H2;1-2H3. The lowest BCUT2D eigenvalue weighted by Crippen LogP contribution is -2.48. The quantitative estimate of drug-likeness (QED) is 0.416. The van der Waals surface area contributed by atoms with Gasteiger partial charge in [0.05, 0.1) is 17.9 Å². The van der Waals surface area contributed by atoms with E-state index in [1.165, 1.54) is 0 Å². The van der Waals surface area contributed by atoms with Gasteiger partial charge in [0, 0.05) is 25.0 Å². The Labute approximate surface area is 169 Å². The third-order valence-electron chi connectivity index (χ3n) is 4.68. The molecule has 2 aliphatic heterocycles. The second-order valence-corrected chi connectivity index (χ2v) is 6.50. The Morgan fingerprint density at radius 3 is 2.30 bits per heavy atom. The maximum Gasteiger partial charge on any atom is 0.421 e. The fourth-order valence-electron chi connectivity index (χ4n) is 3.19. The minimum atomic E-state index is -5.07. The Hall–Kier alpha value is -3.35. The Bertz CT molecular complexity index is 1020. The van der Waals surface area contributed by atoms with Crippen LogP contribution in [0, 0.1) is 18.2 Å². The van der Waals surface area contributed by atoms with Gasteiger partial charge in [-0.3, -0.25) is 19.3 Å². The van der Waals surface area contributed by atoms with Crippen LogP contribution in [-0.4, -0.2) is 36.0 Å². The number of rotatable bonds is 2. The normalized spacial score (nSPS) is 19.0. The Morgan fingerprint density at radius 2 is 1.80 bits per heavy atom. The maximum absolute atomic E-state index is 14.6. The molecule has 10 heteroatoms. The molecule has 6 nitrogen and oxygen atoms in total. The van der Waals surface area contributed by atoms with Crippen molar-refractivity contribution in [3.8, 4) is 18.1 Å². The lowest BCUT2D eigenvalue weighted by molar-refractivity contribution is -0.129. The van der Waals surface area contributed by atoms with Gasteiger partial charge >= 0.3 is 6.18 Å². The van der Waals surface area contributed by atoms with Crippen LogP contribution >= 0.6 is 0 Å². The highest BCUT2D eigenvalue weighted by Gasteiger charge is 2.58. The highest BCUT2D eigenvalue weighted by molar-refractivity contribution is 6.31. The molecule has 0 aromatic heterocycles. The lowest BCUT2D eigenvalue weighted by atomic mass is 10.1. The predicted molar refractivity (Wildman–Crippen MR) is 98.2 cm³/mol. The molecule has 1 aromatic carbocycles. The van der Waals surface area contributed by atoms with Crippen molar-refractivity contribution in [2.75, 3.05) is 16.3 Å². The molecule has 2 heterocycles. The number of hydrogen-bond donors (Lipinski definition) is 0. The second-order valence-electron chi connectivity index (χ2n) is 6.50. The first-order valence-corrected chi connectivity index (χ1v) is 9.04. The number of benzene rings is 1. The van der Waals surface area contributed by atoms with Crippen LogP contribution in [0.15, 0.2) is 23.8 Å². The van der Waals surface area contributed by atoms with Crippen molar-refractivity contribution >= 4 is 29.1 Å². The molecule has 30 heavy (non-hydrogen) atoms. The molecule has 0 N–H and O–H groups in total. The summed E-state index contributed by atoms with van der Waals surface area (Å²) >= 11 is 0. The number of halogens is 4. The number of imide groups is 1. The zero-order valence-electron chi connectivity index (χ0n) is 16.0. The zero-order valence-corrected chi connectivity index (χ0v) is 16.0. The van der Waals surface area contributed by atoms with Crippen molar-refractivity contribution in [3.63, 3.8) is 0 Å². The molecule has 3 amide bonds. The summed E-state index contributed by atoms with van der Waals surface area (Å²) in [5.41, 5.74) is -3.59. The molecule has 0 unspecified atom stereocenters. The maximum atomic E-state index is 14.6. The Morgan fingerprint density at radius 1 is 1.17 bits per heavy atom. The number of ether oxygens (including phenoxy) is 1. The van der Waals surface area contributed by atoms with E-state index in [2.05, 4.69) is 5.92 Å². The van der Waals surface area contributed by atoms with Gasteiger partial charge in [0.1, 0.15) is 11.3 Å². The van der Waals surface area contributed by atoms with E-state index in [9.17, 15) is 31.9 Å². The van der Waals surface area contributed by atoms with Gasteiger partial charge in [0.2, 0.25) is 0 Å². The monoisotopic (exact) mass is 424 g/mol. The van der Waals surface area contributed by atoms with Crippen LogP contribution < -0.4 is 14.5 Å². The van der Waals surface area contributed by atoms with Crippen LogP contribution in [0.5, 0.6) is 5.75 Å². The van der Waals surface area contributed by atoms with E-state index in [1.54, 1.807) is 0 Å². The van der Waals surface area contributed by atoms with Gasteiger partial charge in [-0.15, -0.1) is 6.42 Å². The number of anilines is 2. The number of fused-ring (bicyclic) bond motifs is 1. The van der Waals surface area contributed by atoms with Crippen molar-refractivity contribution in [3.05, 3.63) is 29.6 Å². The number of carbonyl (C=O) groups is 3. The number of hydrogen-bond acceptors (Lipinski definition) is 4. The number of nitrogens with zero attached hydrogens (tertiary/aromatic N) is 2. The van der Waals surface area contributed by atoms with E-state index in [1.807, 2.05) is 13.8 Å². The summed E-state index contributed by atoms with van der Waals surface area (Å²) in [5.74, 6) is -2.44. The highest BCUT2D eigenvalue weighted by atomic mass is 19.4. The number of alkyl halides is 3. The average Bonchev–Trinajstić information content (AvgIpc) is 3.39. The molecule has 1 saturated carbocycles. The van der Waals surface area contributed by atoms with E-state index in [0.29, 0.717) is 12.8 Å². The number of amides is 3. The summed E-state index contributed by atoms with van der Waals surface area (Å²) in [6, 6.07) is 1.74. The topological polar surface area (TPSA) is 66.9 Å². The molecular formula is C20H16F4N2O4. The molecule has 0 bridgehead atoms. The zero-order chi connectivity index (χ0) is 22.4. The Kier molecular flexibility index (Phi) is 5.10. The van der Waals surface area contributed by atoms with Gasteiger partial charge in [-0.1, -0.05) is 19.8 Å². The predicted octanol–water partition coefficient (Wildman–Crippen LogP) is 3.11. The van der Waals surface area contributed by atoms with Crippen molar-refractivity contribution < 1.29 is 36.7 Å². The Balaban J connectivity index is 0.00000124. The van der Waals surface area contributed by atoms with Gasteiger partial charge in [-0.05, 0) is 6.07 Å². The number of carbonyl (C=O) groups excluding carboxylic acids is 3. The first kappa shape index (κ1) is 21.4. The van der Waals surface area contributed by atoms with E-state index in [0.717, 1.165) is 17.0 Å². The van der Waals surface area contributed by atoms with Crippen molar-refractivity contribution in [1.29, 1.82) is 0 Å². The third kappa shape index (κ3) is 3.20. The molecule has 4 rings (SSSR count). The second kappa shape index (κ2) is 7.16. The molecule has 1 spiro atoms. The average molecular weight is 424 g/mol.